The van der Waals surface area contributed by atoms with E-state index in [0.717, 1.165) is 19.3 Å². The van der Waals surface area contributed by atoms with Crippen LogP contribution in [0.4, 0.5) is 4.39 Å². The molecule has 0 fully saturated rings. The molecule has 2 nitrogen and oxygen atoms in total. The molecule has 17 heavy (non-hydrogen) atoms. The van der Waals surface area contributed by atoms with Crippen LogP contribution in [0, 0.1) is 5.82 Å². The van der Waals surface area contributed by atoms with Gasteiger partial charge in [0.1, 0.15) is 5.82 Å². The van der Waals surface area contributed by atoms with E-state index in [2.05, 4.69) is 28.2 Å². The maximum absolute atomic E-state index is 13.6. The number of benzene rings is 1. The number of nitrogens with one attached hydrogen (secondary N) is 1. The van der Waals surface area contributed by atoms with Crippen LogP contribution in [-0.4, -0.2) is 12.5 Å². The molecule has 0 aromatic heterocycles. The van der Waals surface area contributed by atoms with Crippen LogP contribution < -0.4 is 5.32 Å². The Bertz CT molecular complexity index is 382. The average Bonchev–Trinajstić information content (AvgIpc) is 2.32. The van der Waals surface area contributed by atoms with Crippen LogP contribution in [0.5, 0.6) is 0 Å². The number of hydrogen-bond acceptors (Lipinski definition) is 1. The van der Waals surface area contributed by atoms with Crippen molar-refractivity contribution in [2.45, 2.75) is 32.6 Å². The van der Waals surface area contributed by atoms with Crippen molar-refractivity contribution in [3.8, 4) is 0 Å². The highest BCUT2D eigenvalue weighted by molar-refractivity contribution is 9.10. The smallest absolute Gasteiger partial charge is 0.254 e. The molecule has 1 amide bonds. The first kappa shape index (κ1) is 14.2. The normalized spacial score (nSPS) is 10.3. The van der Waals surface area contributed by atoms with E-state index in [9.17, 15) is 9.18 Å². The topological polar surface area (TPSA) is 29.1 Å². The van der Waals surface area contributed by atoms with Gasteiger partial charge in [0.25, 0.3) is 5.91 Å². The monoisotopic (exact) mass is 301 g/mol. The van der Waals surface area contributed by atoms with Gasteiger partial charge in [0, 0.05) is 6.54 Å². The number of hydrogen-bond donors (Lipinski definition) is 1. The molecule has 0 aliphatic heterocycles. The summed E-state index contributed by atoms with van der Waals surface area (Å²) in [7, 11) is 0. The number of carbonyl (C=O) groups is 1. The summed E-state index contributed by atoms with van der Waals surface area (Å²) in [5, 5.41) is 2.73. The van der Waals surface area contributed by atoms with Gasteiger partial charge >= 0.3 is 0 Å². The van der Waals surface area contributed by atoms with Crippen LogP contribution in [0.25, 0.3) is 0 Å². The summed E-state index contributed by atoms with van der Waals surface area (Å²) in [6.07, 6.45) is 4.36. The zero-order valence-electron chi connectivity index (χ0n) is 9.93. The second-order valence-electron chi connectivity index (χ2n) is 3.92. The van der Waals surface area contributed by atoms with Gasteiger partial charge in [0.2, 0.25) is 0 Å². The van der Waals surface area contributed by atoms with E-state index >= 15 is 0 Å². The van der Waals surface area contributed by atoms with E-state index in [4.69, 9.17) is 0 Å². The van der Waals surface area contributed by atoms with Crippen molar-refractivity contribution in [3.63, 3.8) is 0 Å². The fraction of sp³-hybridized carbons (Fsp3) is 0.462. The largest absolute Gasteiger partial charge is 0.352 e. The molecule has 0 heterocycles. The number of halogens is 2. The molecule has 0 bridgehead atoms. The second kappa shape index (κ2) is 7.43. The van der Waals surface area contributed by atoms with Crippen molar-refractivity contribution in [1.29, 1.82) is 0 Å². The van der Waals surface area contributed by atoms with Crippen molar-refractivity contribution in [2.24, 2.45) is 0 Å². The Hall–Kier alpha value is -0.900. The van der Waals surface area contributed by atoms with Crippen LogP contribution >= 0.6 is 15.9 Å². The first-order valence-corrected chi connectivity index (χ1v) is 6.68. The Morgan fingerprint density at radius 2 is 2.12 bits per heavy atom. The summed E-state index contributed by atoms with van der Waals surface area (Å²) < 4.78 is 13.9. The molecular formula is C13H17BrFNO. The lowest BCUT2D eigenvalue weighted by Gasteiger charge is -2.06. The Kier molecular flexibility index (Phi) is 6.19. The van der Waals surface area contributed by atoms with E-state index in [1.807, 2.05) is 0 Å². The van der Waals surface area contributed by atoms with E-state index < -0.39 is 5.82 Å². The average molecular weight is 302 g/mol. The van der Waals surface area contributed by atoms with Crippen LogP contribution in [0.2, 0.25) is 0 Å². The molecule has 0 aliphatic rings. The third-order valence-electron chi connectivity index (χ3n) is 2.51. The van der Waals surface area contributed by atoms with Gasteiger partial charge in [-0.1, -0.05) is 32.3 Å². The van der Waals surface area contributed by atoms with Crippen molar-refractivity contribution in [2.75, 3.05) is 6.54 Å². The summed E-state index contributed by atoms with van der Waals surface area (Å²) in [6, 6.07) is 4.72. The molecule has 0 aliphatic carbocycles. The van der Waals surface area contributed by atoms with E-state index in [-0.39, 0.29) is 11.5 Å². The Labute approximate surface area is 110 Å². The molecule has 0 saturated carbocycles. The van der Waals surface area contributed by atoms with Gasteiger partial charge in [-0.15, -0.1) is 0 Å². The lowest BCUT2D eigenvalue weighted by atomic mass is 10.2. The highest BCUT2D eigenvalue weighted by atomic mass is 79.9. The van der Waals surface area contributed by atoms with Gasteiger partial charge in [0.15, 0.2) is 0 Å². The Morgan fingerprint density at radius 1 is 1.35 bits per heavy atom. The number of carbonyl (C=O) groups excluding carboxylic acids is 1. The van der Waals surface area contributed by atoms with Crippen LogP contribution in [0.1, 0.15) is 43.0 Å². The summed E-state index contributed by atoms with van der Waals surface area (Å²) in [4.78, 5) is 11.7. The summed E-state index contributed by atoms with van der Waals surface area (Å²) in [5.74, 6) is -0.848. The quantitative estimate of drug-likeness (QED) is 0.793. The molecule has 4 heteroatoms. The molecule has 0 atom stereocenters. The third kappa shape index (κ3) is 4.46. The molecule has 0 radical (unpaired) electrons. The predicted octanol–water partition coefficient (Wildman–Crippen LogP) is 3.90. The minimum atomic E-state index is -0.501. The maximum atomic E-state index is 13.6. The van der Waals surface area contributed by atoms with Crippen LogP contribution in [0.15, 0.2) is 22.7 Å². The first-order valence-electron chi connectivity index (χ1n) is 5.89. The van der Waals surface area contributed by atoms with Crippen molar-refractivity contribution >= 4 is 21.8 Å². The van der Waals surface area contributed by atoms with Gasteiger partial charge < -0.3 is 5.32 Å². The first-order chi connectivity index (χ1) is 8.16. The molecule has 1 aromatic carbocycles. The van der Waals surface area contributed by atoms with Crippen LogP contribution in [-0.2, 0) is 0 Å². The summed E-state index contributed by atoms with van der Waals surface area (Å²) >= 11 is 3.06. The zero-order chi connectivity index (χ0) is 12.7. The van der Waals surface area contributed by atoms with E-state index in [1.165, 1.54) is 12.5 Å². The van der Waals surface area contributed by atoms with E-state index in [1.54, 1.807) is 12.1 Å². The molecule has 94 valence electrons. The van der Waals surface area contributed by atoms with Crippen molar-refractivity contribution in [1.82, 2.24) is 5.32 Å². The highest BCUT2D eigenvalue weighted by Gasteiger charge is 2.12. The van der Waals surface area contributed by atoms with Gasteiger partial charge in [-0.05, 0) is 34.5 Å². The molecular weight excluding hydrogens is 285 g/mol. The lowest BCUT2D eigenvalue weighted by Crippen LogP contribution is -2.25. The second-order valence-corrected chi connectivity index (χ2v) is 4.77. The molecule has 1 rings (SSSR count). The number of rotatable bonds is 6. The van der Waals surface area contributed by atoms with E-state index in [0.29, 0.717) is 11.0 Å². The summed E-state index contributed by atoms with van der Waals surface area (Å²) in [6.45, 7) is 2.74. The number of amides is 1. The lowest BCUT2D eigenvalue weighted by molar-refractivity contribution is 0.0949. The van der Waals surface area contributed by atoms with Crippen molar-refractivity contribution in [3.05, 3.63) is 34.1 Å². The Balaban J connectivity index is 2.44. The fourth-order valence-electron chi connectivity index (χ4n) is 1.53. The molecule has 1 N–H and O–H groups in total. The maximum Gasteiger partial charge on any atom is 0.254 e. The van der Waals surface area contributed by atoms with Crippen molar-refractivity contribution < 1.29 is 9.18 Å². The minimum Gasteiger partial charge on any atom is -0.352 e. The van der Waals surface area contributed by atoms with Gasteiger partial charge in [-0.25, -0.2) is 4.39 Å². The predicted molar refractivity (Wildman–Crippen MR) is 70.6 cm³/mol. The molecule has 0 spiro atoms. The van der Waals surface area contributed by atoms with Gasteiger partial charge in [-0.3, -0.25) is 4.79 Å². The van der Waals surface area contributed by atoms with Gasteiger partial charge in [0.05, 0.1) is 10.0 Å². The number of unbranched alkanes of at least 4 members (excludes halogenated alkanes) is 3. The third-order valence-corrected chi connectivity index (χ3v) is 3.12. The fourth-order valence-corrected chi connectivity index (χ4v) is 1.89. The molecule has 0 saturated heterocycles. The standard InChI is InChI=1S/C13H17BrFNO/c1-2-3-4-5-9-16-13(17)10-7-6-8-11(14)12(10)15/h6-8H,2-5,9H2,1H3,(H,16,17). The minimum absolute atomic E-state index is 0.0925. The Morgan fingerprint density at radius 3 is 2.82 bits per heavy atom. The van der Waals surface area contributed by atoms with Crippen LogP contribution in [0.3, 0.4) is 0 Å². The highest BCUT2D eigenvalue weighted by Crippen LogP contribution is 2.18. The molecule has 0 unspecified atom stereocenters. The molecule has 1 aromatic rings. The van der Waals surface area contributed by atoms with Gasteiger partial charge in [-0.2, -0.15) is 0 Å². The summed E-state index contributed by atoms with van der Waals surface area (Å²) in [5.41, 5.74) is 0.0925. The zero-order valence-corrected chi connectivity index (χ0v) is 11.5. The SMILES string of the molecule is CCCCCCNC(=O)c1cccc(Br)c1F.